The molecule has 0 unspecified atom stereocenters. The number of furan rings is 2. The van der Waals surface area contributed by atoms with Crippen LogP contribution in [0.25, 0.3) is 66.1 Å². The van der Waals surface area contributed by atoms with Gasteiger partial charge in [-0.15, -0.1) is 0 Å². The number of benzene rings is 6. The molecule has 184 valence electrons. The van der Waals surface area contributed by atoms with Crippen LogP contribution in [-0.2, 0) is 0 Å². The molecule has 3 nitrogen and oxygen atoms in total. The van der Waals surface area contributed by atoms with Crippen molar-refractivity contribution in [2.24, 2.45) is 0 Å². The van der Waals surface area contributed by atoms with E-state index in [9.17, 15) is 0 Å². The molecule has 0 radical (unpaired) electrons. The fraction of sp³-hybridized carbons (Fsp3) is 0. The van der Waals surface area contributed by atoms with Gasteiger partial charge < -0.3 is 14.2 Å². The fourth-order valence-electron chi connectivity index (χ4n) is 5.47. The average molecular weight is 502 g/mol. The lowest BCUT2D eigenvalue weighted by Crippen LogP contribution is -1.90. The van der Waals surface area contributed by atoms with E-state index in [2.05, 4.69) is 108 Å². The Hall–Kier alpha value is -5.28. The predicted molar refractivity (Wildman–Crippen MR) is 162 cm³/mol. The summed E-state index contributed by atoms with van der Waals surface area (Å²) in [5.41, 5.74) is 10.4. The SMILES string of the molecule is c1ccc2c(c1)oc1cc(-c3ccc(Nc4ccc(-c5ccc6oc7ccccc7c6c5)cc4)cc3)ccc12. The van der Waals surface area contributed by atoms with Gasteiger partial charge in [-0.1, -0.05) is 72.8 Å². The summed E-state index contributed by atoms with van der Waals surface area (Å²) >= 11 is 0. The Morgan fingerprint density at radius 2 is 0.795 bits per heavy atom. The maximum absolute atomic E-state index is 6.08. The van der Waals surface area contributed by atoms with Crippen molar-refractivity contribution in [1.29, 1.82) is 0 Å². The molecule has 2 heterocycles. The normalized spacial score (nSPS) is 11.6. The lowest BCUT2D eigenvalue weighted by molar-refractivity contribution is 0.668. The highest BCUT2D eigenvalue weighted by Gasteiger charge is 2.10. The Bertz CT molecular complexity index is 2130. The summed E-state index contributed by atoms with van der Waals surface area (Å²) in [6.45, 7) is 0. The van der Waals surface area contributed by atoms with E-state index >= 15 is 0 Å². The molecule has 0 aliphatic carbocycles. The van der Waals surface area contributed by atoms with Crippen molar-refractivity contribution in [3.63, 3.8) is 0 Å². The second-order valence-corrected chi connectivity index (χ2v) is 9.90. The van der Waals surface area contributed by atoms with Gasteiger partial charge in [0.15, 0.2) is 0 Å². The van der Waals surface area contributed by atoms with E-state index in [1.54, 1.807) is 0 Å². The second-order valence-electron chi connectivity index (χ2n) is 9.90. The van der Waals surface area contributed by atoms with Crippen molar-refractivity contribution in [2.45, 2.75) is 0 Å². The summed E-state index contributed by atoms with van der Waals surface area (Å²) in [4.78, 5) is 0. The van der Waals surface area contributed by atoms with E-state index in [1.165, 1.54) is 11.1 Å². The van der Waals surface area contributed by atoms with Crippen LogP contribution in [0.1, 0.15) is 0 Å². The summed E-state index contributed by atoms with van der Waals surface area (Å²) in [6.07, 6.45) is 0. The molecule has 0 aliphatic rings. The van der Waals surface area contributed by atoms with Crippen LogP contribution >= 0.6 is 0 Å². The van der Waals surface area contributed by atoms with E-state index in [4.69, 9.17) is 8.83 Å². The van der Waals surface area contributed by atoms with E-state index in [1.807, 2.05) is 30.3 Å². The largest absolute Gasteiger partial charge is 0.456 e. The van der Waals surface area contributed by atoms with Crippen LogP contribution in [0.15, 0.2) is 142 Å². The zero-order valence-corrected chi connectivity index (χ0v) is 21.0. The van der Waals surface area contributed by atoms with Gasteiger partial charge in [0.25, 0.3) is 0 Å². The standard InChI is InChI=1S/C36H23NO2/c1-3-7-33-29(5-1)31-19-13-26(22-36(31)39-33)24-11-17-28(18-12-24)37-27-15-9-23(10-16-27)25-14-20-35-32(21-25)30-6-2-4-8-34(30)38-35/h1-22,37H. The van der Waals surface area contributed by atoms with Crippen LogP contribution in [0.4, 0.5) is 11.4 Å². The number of rotatable bonds is 4. The molecule has 0 aliphatic heterocycles. The molecular weight excluding hydrogens is 478 g/mol. The van der Waals surface area contributed by atoms with E-state index in [0.29, 0.717) is 0 Å². The number of hydrogen-bond acceptors (Lipinski definition) is 3. The predicted octanol–water partition coefficient (Wildman–Crippen LogP) is 10.6. The number of nitrogens with one attached hydrogen (secondary N) is 1. The molecule has 0 fully saturated rings. The molecule has 8 rings (SSSR count). The third-order valence-corrected chi connectivity index (χ3v) is 7.48. The molecule has 3 heteroatoms. The van der Waals surface area contributed by atoms with Crippen molar-refractivity contribution in [3.8, 4) is 22.3 Å². The molecule has 8 aromatic rings. The van der Waals surface area contributed by atoms with Crippen LogP contribution < -0.4 is 5.32 Å². The molecule has 6 aromatic carbocycles. The number of anilines is 2. The fourth-order valence-corrected chi connectivity index (χ4v) is 5.47. The highest BCUT2D eigenvalue weighted by atomic mass is 16.3. The second kappa shape index (κ2) is 8.64. The van der Waals surface area contributed by atoms with E-state index < -0.39 is 0 Å². The quantitative estimate of drug-likeness (QED) is 0.261. The minimum Gasteiger partial charge on any atom is -0.456 e. The van der Waals surface area contributed by atoms with Gasteiger partial charge in [0.1, 0.15) is 22.3 Å². The molecule has 1 N–H and O–H groups in total. The van der Waals surface area contributed by atoms with Gasteiger partial charge in [0, 0.05) is 32.9 Å². The zero-order chi connectivity index (χ0) is 25.8. The Kier molecular flexibility index (Phi) is 4.82. The molecule has 0 spiro atoms. The Morgan fingerprint density at radius 3 is 1.46 bits per heavy atom. The third kappa shape index (κ3) is 3.75. The Balaban J connectivity index is 1.03. The Labute approximate surface area is 224 Å². The van der Waals surface area contributed by atoms with Gasteiger partial charge in [0.2, 0.25) is 0 Å². The summed E-state index contributed by atoms with van der Waals surface area (Å²) in [7, 11) is 0. The van der Waals surface area contributed by atoms with Crippen LogP contribution in [-0.4, -0.2) is 0 Å². The first-order valence-corrected chi connectivity index (χ1v) is 13.1. The number of hydrogen-bond donors (Lipinski definition) is 1. The first kappa shape index (κ1) is 21.8. The Morgan fingerprint density at radius 1 is 0.333 bits per heavy atom. The summed E-state index contributed by atoms with van der Waals surface area (Å²) in [6, 6.07) is 46.3. The summed E-state index contributed by atoms with van der Waals surface area (Å²) in [5.74, 6) is 0. The molecule has 2 aromatic heterocycles. The molecule has 0 amide bonds. The number of fused-ring (bicyclic) bond motifs is 6. The van der Waals surface area contributed by atoms with Crippen LogP contribution in [0.3, 0.4) is 0 Å². The van der Waals surface area contributed by atoms with Crippen molar-refractivity contribution in [2.75, 3.05) is 5.32 Å². The lowest BCUT2D eigenvalue weighted by Gasteiger charge is -2.09. The highest BCUT2D eigenvalue weighted by molar-refractivity contribution is 6.07. The topological polar surface area (TPSA) is 38.3 Å². The summed E-state index contributed by atoms with van der Waals surface area (Å²) in [5, 5.41) is 8.12. The third-order valence-electron chi connectivity index (χ3n) is 7.48. The van der Waals surface area contributed by atoms with Gasteiger partial charge in [-0.25, -0.2) is 0 Å². The average Bonchev–Trinajstić information content (AvgIpc) is 3.55. The molecule has 0 atom stereocenters. The van der Waals surface area contributed by atoms with Crippen LogP contribution in [0, 0.1) is 0 Å². The summed E-state index contributed by atoms with van der Waals surface area (Å²) < 4.78 is 12.1. The molecular formula is C36H23NO2. The number of para-hydroxylation sites is 2. The minimum absolute atomic E-state index is 0.913. The van der Waals surface area contributed by atoms with Crippen molar-refractivity contribution in [1.82, 2.24) is 0 Å². The highest BCUT2D eigenvalue weighted by Crippen LogP contribution is 2.34. The molecule has 0 bridgehead atoms. The van der Waals surface area contributed by atoms with E-state index in [-0.39, 0.29) is 0 Å². The van der Waals surface area contributed by atoms with Gasteiger partial charge in [-0.05, 0) is 82.9 Å². The van der Waals surface area contributed by atoms with Crippen LogP contribution in [0.2, 0.25) is 0 Å². The lowest BCUT2D eigenvalue weighted by atomic mass is 10.0. The van der Waals surface area contributed by atoms with Gasteiger partial charge in [-0.2, -0.15) is 0 Å². The maximum Gasteiger partial charge on any atom is 0.136 e. The van der Waals surface area contributed by atoms with Gasteiger partial charge in [-0.3, -0.25) is 0 Å². The molecule has 39 heavy (non-hydrogen) atoms. The van der Waals surface area contributed by atoms with Crippen molar-refractivity contribution >= 4 is 55.3 Å². The minimum atomic E-state index is 0.913. The first-order valence-electron chi connectivity index (χ1n) is 13.1. The van der Waals surface area contributed by atoms with Crippen molar-refractivity contribution < 1.29 is 8.83 Å². The van der Waals surface area contributed by atoms with Crippen molar-refractivity contribution in [3.05, 3.63) is 133 Å². The van der Waals surface area contributed by atoms with Crippen LogP contribution in [0.5, 0.6) is 0 Å². The van der Waals surface area contributed by atoms with E-state index in [0.717, 1.165) is 66.4 Å². The maximum atomic E-state index is 6.08. The molecule has 0 saturated heterocycles. The van der Waals surface area contributed by atoms with Gasteiger partial charge >= 0.3 is 0 Å². The monoisotopic (exact) mass is 501 g/mol. The zero-order valence-electron chi connectivity index (χ0n) is 21.0. The van der Waals surface area contributed by atoms with Gasteiger partial charge in [0.05, 0.1) is 0 Å². The molecule has 0 saturated carbocycles. The first-order chi connectivity index (χ1) is 19.3. The smallest absolute Gasteiger partial charge is 0.136 e.